The Kier molecular flexibility index (Phi) is 3.20. The second kappa shape index (κ2) is 4.89. The molecule has 102 valence electrons. The standard InChI is InChI=1S/C11H8Cl2N6O/c12-9-8-10(17-11(13)16-9)19(5-15-8)4-7(20)18-2-6(1-14)3-18/h5-6H,2-4H2. The maximum Gasteiger partial charge on any atom is 0.242 e. The lowest BCUT2D eigenvalue weighted by Gasteiger charge is -2.35. The number of fused-ring (bicyclic) bond motifs is 1. The van der Waals surface area contributed by atoms with Crippen LogP contribution in [0.5, 0.6) is 0 Å². The van der Waals surface area contributed by atoms with Crippen LogP contribution in [0.1, 0.15) is 0 Å². The van der Waals surface area contributed by atoms with Crippen molar-refractivity contribution in [3.8, 4) is 6.07 Å². The number of halogens is 2. The number of nitrogens with zero attached hydrogens (tertiary/aromatic N) is 6. The van der Waals surface area contributed by atoms with Crippen LogP contribution in [0.2, 0.25) is 10.4 Å². The smallest absolute Gasteiger partial charge is 0.242 e. The molecule has 1 saturated heterocycles. The first-order valence-electron chi connectivity index (χ1n) is 5.79. The Morgan fingerprint density at radius 1 is 1.45 bits per heavy atom. The molecule has 0 unspecified atom stereocenters. The normalized spacial score (nSPS) is 15.2. The lowest BCUT2D eigenvalue weighted by Crippen LogP contribution is -2.50. The number of hydrogen-bond acceptors (Lipinski definition) is 5. The number of nitriles is 1. The fraction of sp³-hybridized carbons (Fsp3) is 0.364. The van der Waals surface area contributed by atoms with E-state index >= 15 is 0 Å². The number of rotatable bonds is 2. The third-order valence-electron chi connectivity index (χ3n) is 3.12. The van der Waals surface area contributed by atoms with Gasteiger partial charge in [-0.15, -0.1) is 0 Å². The minimum Gasteiger partial charge on any atom is -0.338 e. The van der Waals surface area contributed by atoms with E-state index in [1.165, 1.54) is 6.33 Å². The summed E-state index contributed by atoms with van der Waals surface area (Å²) in [5, 5.41) is 8.85. The summed E-state index contributed by atoms with van der Waals surface area (Å²) in [6, 6.07) is 2.12. The highest BCUT2D eigenvalue weighted by atomic mass is 35.5. The Morgan fingerprint density at radius 2 is 2.20 bits per heavy atom. The van der Waals surface area contributed by atoms with Crippen LogP contribution in [-0.4, -0.2) is 43.4 Å². The van der Waals surface area contributed by atoms with Gasteiger partial charge in [0.2, 0.25) is 11.2 Å². The summed E-state index contributed by atoms with van der Waals surface area (Å²) in [4.78, 5) is 25.5. The molecule has 0 atom stereocenters. The van der Waals surface area contributed by atoms with Gasteiger partial charge in [0.05, 0.1) is 18.3 Å². The van der Waals surface area contributed by atoms with Gasteiger partial charge in [-0.1, -0.05) is 11.6 Å². The van der Waals surface area contributed by atoms with Crippen molar-refractivity contribution in [2.24, 2.45) is 5.92 Å². The number of imidazole rings is 1. The molecule has 0 radical (unpaired) electrons. The molecule has 0 bridgehead atoms. The molecule has 1 fully saturated rings. The van der Waals surface area contributed by atoms with Crippen molar-refractivity contribution in [3.05, 3.63) is 16.8 Å². The topological polar surface area (TPSA) is 87.7 Å². The largest absolute Gasteiger partial charge is 0.338 e. The highest BCUT2D eigenvalue weighted by Gasteiger charge is 2.30. The van der Waals surface area contributed by atoms with Crippen molar-refractivity contribution in [3.63, 3.8) is 0 Å². The average Bonchev–Trinajstić information content (AvgIpc) is 2.71. The summed E-state index contributed by atoms with van der Waals surface area (Å²) in [5.41, 5.74) is 0.822. The van der Waals surface area contributed by atoms with E-state index in [1.807, 2.05) is 0 Å². The summed E-state index contributed by atoms with van der Waals surface area (Å²) < 4.78 is 1.57. The molecular formula is C11H8Cl2N6O. The van der Waals surface area contributed by atoms with Gasteiger partial charge >= 0.3 is 0 Å². The minimum atomic E-state index is -0.0957. The van der Waals surface area contributed by atoms with Gasteiger partial charge in [0.15, 0.2) is 10.8 Å². The zero-order valence-electron chi connectivity index (χ0n) is 10.1. The number of likely N-dealkylation sites (tertiary alicyclic amines) is 1. The second-order valence-electron chi connectivity index (χ2n) is 4.45. The molecule has 3 heterocycles. The van der Waals surface area contributed by atoms with Gasteiger partial charge in [-0.3, -0.25) is 4.79 Å². The third-order valence-corrected chi connectivity index (χ3v) is 3.55. The Hall–Kier alpha value is -1.91. The van der Waals surface area contributed by atoms with Crippen LogP contribution >= 0.6 is 23.2 Å². The van der Waals surface area contributed by atoms with Gasteiger partial charge < -0.3 is 9.47 Å². The molecule has 2 aromatic heterocycles. The van der Waals surface area contributed by atoms with Crippen LogP contribution < -0.4 is 0 Å². The van der Waals surface area contributed by atoms with Gasteiger partial charge in [-0.2, -0.15) is 10.2 Å². The number of carbonyl (C=O) groups excluding carboxylic acids is 1. The van der Waals surface area contributed by atoms with Gasteiger partial charge in [0.25, 0.3) is 0 Å². The van der Waals surface area contributed by atoms with Crippen LogP contribution in [0.15, 0.2) is 6.33 Å². The van der Waals surface area contributed by atoms with E-state index < -0.39 is 0 Å². The summed E-state index contributed by atoms with van der Waals surface area (Å²) >= 11 is 11.7. The van der Waals surface area contributed by atoms with Crippen molar-refractivity contribution >= 4 is 40.3 Å². The number of carbonyl (C=O) groups is 1. The van der Waals surface area contributed by atoms with E-state index in [4.69, 9.17) is 28.5 Å². The molecule has 0 saturated carbocycles. The Morgan fingerprint density at radius 3 is 2.90 bits per heavy atom. The van der Waals surface area contributed by atoms with Gasteiger partial charge in [-0.05, 0) is 11.6 Å². The highest BCUT2D eigenvalue weighted by Crippen LogP contribution is 2.21. The van der Waals surface area contributed by atoms with Crippen molar-refractivity contribution in [2.75, 3.05) is 13.1 Å². The predicted molar refractivity (Wildman–Crippen MR) is 71.0 cm³/mol. The van der Waals surface area contributed by atoms with E-state index in [0.717, 1.165) is 0 Å². The van der Waals surface area contributed by atoms with E-state index in [9.17, 15) is 4.79 Å². The number of hydrogen-bond donors (Lipinski definition) is 0. The Bertz CT molecular complexity index is 730. The summed E-state index contributed by atoms with van der Waals surface area (Å²) in [5.74, 6) is -0.161. The predicted octanol–water partition coefficient (Wildman–Crippen LogP) is 1.12. The number of amides is 1. The molecule has 1 aliphatic rings. The van der Waals surface area contributed by atoms with Crippen LogP contribution in [0.3, 0.4) is 0 Å². The zero-order valence-corrected chi connectivity index (χ0v) is 11.6. The summed E-state index contributed by atoms with van der Waals surface area (Å²) in [6.07, 6.45) is 1.47. The number of aromatic nitrogens is 4. The average molecular weight is 311 g/mol. The maximum absolute atomic E-state index is 12.0. The van der Waals surface area contributed by atoms with Gasteiger partial charge in [0.1, 0.15) is 12.1 Å². The van der Waals surface area contributed by atoms with Crippen LogP contribution in [-0.2, 0) is 11.3 Å². The van der Waals surface area contributed by atoms with Gasteiger partial charge in [0, 0.05) is 13.1 Å². The Labute approximate surface area is 123 Å². The molecule has 0 aliphatic carbocycles. The minimum absolute atomic E-state index is 0.00481. The van der Waals surface area contributed by atoms with Crippen molar-refractivity contribution in [1.29, 1.82) is 5.26 Å². The lowest BCUT2D eigenvalue weighted by atomic mass is 10.0. The molecular weight excluding hydrogens is 303 g/mol. The second-order valence-corrected chi connectivity index (χ2v) is 5.15. The third kappa shape index (κ3) is 2.17. The molecule has 3 rings (SSSR count). The molecule has 7 nitrogen and oxygen atoms in total. The van der Waals surface area contributed by atoms with Crippen molar-refractivity contribution < 1.29 is 4.79 Å². The SMILES string of the molecule is N#CC1CN(C(=O)Cn2cnc3c(Cl)nc(Cl)nc32)C1. The zero-order chi connectivity index (χ0) is 14.3. The fourth-order valence-corrected chi connectivity index (χ4v) is 2.43. The Balaban J connectivity index is 1.82. The van der Waals surface area contributed by atoms with Crippen molar-refractivity contribution in [2.45, 2.75) is 6.54 Å². The first kappa shape index (κ1) is 13.1. The maximum atomic E-state index is 12.0. The molecule has 9 heteroatoms. The molecule has 0 spiro atoms. The molecule has 0 aromatic carbocycles. The summed E-state index contributed by atoms with van der Waals surface area (Å²) in [7, 11) is 0. The molecule has 0 N–H and O–H groups in total. The molecule has 1 amide bonds. The summed E-state index contributed by atoms with van der Waals surface area (Å²) in [6.45, 7) is 1.02. The fourth-order valence-electron chi connectivity index (χ4n) is 2.01. The first-order valence-corrected chi connectivity index (χ1v) is 6.55. The monoisotopic (exact) mass is 310 g/mol. The molecule has 20 heavy (non-hydrogen) atoms. The van der Waals surface area contributed by atoms with Gasteiger partial charge in [-0.25, -0.2) is 9.97 Å². The quantitative estimate of drug-likeness (QED) is 0.612. The van der Waals surface area contributed by atoms with Crippen LogP contribution in [0.25, 0.3) is 11.2 Å². The first-order chi connectivity index (χ1) is 9.58. The van der Waals surface area contributed by atoms with Crippen LogP contribution in [0.4, 0.5) is 0 Å². The van der Waals surface area contributed by atoms with E-state index in [1.54, 1.807) is 9.47 Å². The van der Waals surface area contributed by atoms with E-state index in [0.29, 0.717) is 24.3 Å². The van der Waals surface area contributed by atoms with Crippen LogP contribution in [0, 0.1) is 17.2 Å². The van der Waals surface area contributed by atoms with E-state index in [-0.39, 0.29) is 28.8 Å². The highest BCUT2D eigenvalue weighted by molar-refractivity contribution is 6.35. The molecule has 2 aromatic rings. The lowest BCUT2D eigenvalue weighted by molar-refractivity contribution is -0.136. The van der Waals surface area contributed by atoms with Crippen molar-refractivity contribution in [1.82, 2.24) is 24.4 Å². The molecule has 1 aliphatic heterocycles. The van der Waals surface area contributed by atoms with E-state index in [2.05, 4.69) is 21.0 Å².